The van der Waals surface area contributed by atoms with E-state index < -0.39 is 18.8 Å². The van der Waals surface area contributed by atoms with Crippen molar-refractivity contribution in [3.63, 3.8) is 0 Å². The van der Waals surface area contributed by atoms with Gasteiger partial charge >= 0.3 is 6.18 Å². The molecular weight excluding hydrogens is 235 g/mol. The summed E-state index contributed by atoms with van der Waals surface area (Å²) in [4.78, 5) is 0. The number of halogens is 3. The molecule has 0 bridgehead atoms. The van der Waals surface area contributed by atoms with E-state index in [0.717, 1.165) is 5.56 Å². The van der Waals surface area contributed by atoms with Gasteiger partial charge in [-0.05, 0) is 24.6 Å². The predicted octanol–water partition coefficient (Wildman–Crippen LogP) is 2.63. The van der Waals surface area contributed by atoms with Gasteiger partial charge in [-0.15, -0.1) is 0 Å². The second-order valence-corrected chi connectivity index (χ2v) is 3.83. The van der Waals surface area contributed by atoms with Crippen LogP contribution in [0.2, 0.25) is 0 Å². The van der Waals surface area contributed by atoms with Crippen molar-refractivity contribution in [2.75, 3.05) is 13.3 Å². The van der Waals surface area contributed by atoms with Crippen LogP contribution in [-0.4, -0.2) is 19.5 Å². The first-order valence-electron chi connectivity index (χ1n) is 5.15. The molecular formula is C11H12F3NO2. The summed E-state index contributed by atoms with van der Waals surface area (Å²) in [6.45, 7) is 0.815. The average molecular weight is 247 g/mol. The van der Waals surface area contributed by atoms with Gasteiger partial charge in [-0.25, -0.2) is 0 Å². The van der Waals surface area contributed by atoms with Crippen molar-refractivity contribution in [1.29, 1.82) is 0 Å². The van der Waals surface area contributed by atoms with Gasteiger partial charge in [0, 0.05) is 6.04 Å². The van der Waals surface area contributed by atoms with Gasteiger partial charge in [-0.3, -0.25) is 0 Å². The molecule has 0 fully saturated rings. The van der Waals surface area contributed by atoms with E-state index in [1.165, 1.54) is 0 Å². The zero-order valence-corrected chi connectivity index (χ0v) is 9.17. The minimum atomic E-state index is -4.20. The highest BCUT2D eigenvalue weighted by Gasteiger charge is 2.27. The first kappa shape index (κ1) is 12.0. The summed E-state index contributed by atoms with van der Waals surface area (Å²) in [6.07, 6.45) is -4.20. The Kier molecular flexibility index (Phi) is 3.15. The Balaban J connectivity index is 2.02. The molecule has 1 aromatic carbocycles. The number of nitrogens with one attached hydrogen (secondary N) is 1. The van der Waals surface area contributed by atoms with Crippen LogP contribution < -0.4 is 14.8 Å². The van der Waals surface area contributed by atoms with Crippen molar-refractivity contribution in [3.05, 3.63) is 23.8 Å². The van der Waals surface area contributed by atoms with Crippen molar-refractivity contribution in [2.24, 2.45) is 0 Å². The molecule has 1 atom stereocenters. The minimum Gasteiger partial charge on any atom is -0.454 e. The third kappa shape index (κ3) is 3.03. The summed E-state index contributed by atoms with van der Waals surface area (Å²) in [5.74, 6) is 1.19. The van der Waals surface area contributed by atoms with Gasteiger partial charge < -0.3 is 14.8 Å². The fraction of sp³-hybridized carbons (Fsp3) is 0.455. The Morgan fingerprint density at radius 1 is 1.29 bits per heavy atom. The minimum absolute atomic E-state index is 0.156. The molecule has 0 saturated heterocycles. The van der Waals surface area contributed by atoms with Crippen LogP contribution in [0.15, 0.2) is 18.2 Å². The standard InChI is InChI=1S/C11H12F3NO2/c1-7(15-5-11(12,13)14)8-2-3-9-10(4-8)17-6-16-9/h2-4,7,15H,5-6H2,1H3. The van der Waals surface area contributed by atoms with Crippen LogP contribution in [0.1, 0.15) is 18.5 Å². The maximum absolute atomic E-state index is 12.0. The lowest BCUT2D eigenvalue weighted by atomic mass is 10.1. The highest BCUT2D eigenvalue weighted by Crippen LogP contribution is 2.34. The second kappa shape index (κ2) is 4.44. The molecule has 2 rings (SSSR count). The van der Waals surface area contributed by atoms with Gasteiger partial charge in [-0.1, -0.05) is 6.07 Å². The summed E-state index contributed by atoms with van der Waals surface area (Å²) in [6, 6.07) is 4.72. The van der Waals surface area contributed by atoms with Crippen molar-refractivity contribution in [3.8, 4) is 11.5 Å². The molecule has 1 aromatic rings. The van der Waals surface area contributed by atoms with Gasteiger partial charge in [0.1, 0.15) is 0 Å². The zero-order valence-electron chi connectivity index (χ0n) is 9.17. The van der Waals surface area contributed by atoms with Crippen LogP contribution in [0.25, 0.3) is 0 Å². The fourth-order valence-electron chi connectivity index (χ4n) is 1.57. The first-order chi connectivity index (χ1) is 7.96. The molecule has 0 radical (unpaired) electrons. The lowest BCUT2D eigenvalue weighted by Gasteiger charge is -2.16. The number of alkyl halides is 3. The quantitative estimate of drug-likeness (QED) is 0.890. The van der Waals surface area contributed by atoms with E-state index in [2.05, 4.69) is 5.32 Å². The van der Waals surface area contributed by atoms with E-state index in [0.29, 0.717) is 11.5 Å². The van der Waals surface area contributed by atoms with Crippen LogP contribution in [0.5, 0.6) is 11.5 Å². The summed E-state index contributed by atoms with van der Waals surface area (Å²) in [5.41, 5.74) is 0.735. The lowest BCUT2D eigenvalue weighted by Crippen LogP contribution is -2.30. The SMILES string of the molecule is CC(NCC(F)(F)F)c1ccc2c(c1)OCO2. The lowest BCUT2D eigenvalue weighted by molar-refractivity contribution is -0.126. The van der Waals surface area contributed by atoms with E-state index >= 15 is 0 Å². The topological polar surface area (TPSA) is 30.5 Å². The van der Waals surface area contributed by atoms with Gasteiger partial charge in [0.05, 0.1) is 6.54 Å². The molecule has 0 amide bonds. The zero-order chi connectivity index (χ0) is 12.5. The fourth-order valence-corrected chi connectivity index (χ4v) is 1.57. The van der Waals surface area contributed by atoms with Crippen molar-refractivity contribution in [2.45, 2.75) is 19.1 Å². The molecule has 1 unspecified atom stereocenters. The molecule has 0 aliphatic carbocycles. The van der Waals surface area contributed by atoms with E-state index in [1.807, 2.05) is 0 Å². The Labute approximate surface area is 96.5 Å². The second-order valence-electron chi connectivity index (χ2n) is 3.83. The van der Waals surface area contributed by atoms with Crippen molar-refractivity contribution in [1.82, 2.24) is 5.32 Å². The summed E-state index contributed by atoms with van der Waals surface area (Å²) < 4.78 is 46.4. The number of ether oxygens (including phenoxy) is 2. The normalized spacial score (nSPS) is 16.0. The monoisotopic (exact) mass is 247 g/mol. The van der Waals surface area contributed by atoms with E-state index in [1.54, 1.807) is 25.1 Å². The van der Waals surface area contributed by atoms with Crippen molar-refractivity contribution < 1.29 is 22.6 Å². The molecule has 17 heavy (non-hydrogen) atoms. The molecule has 1 aliphatic heterocycles. The van der Waals surface area contributed by atoms with Gasteiger partial charge in [0.15, 0.2) is 11.5 Å². The van der Waals surface area contributed by atoms with Gasteiger partial charge in [0.2, 0.25) is 6.79 Å². The predicted molar refractivity (Wildman–Crippen MR) is 55.0 cm³/mol. The van der Waals surface area contributed by atoms with Crippen LogP contribution >= 0.6 is 0 Å². The molecule has 1 heterocycles. The van der Waals surface area contributed by atoms with E-state index in [9.17, 15) is 13.2 Å². The van der Waals surface area contributed by atoms with Gasteiger partial charge in [-0.2, -0.15) is 13.2 Å². The van der Waals surface area contributed by atoms with E-state index in [4.69, 9.17) is 9.47 Å². The summed E-state index contributed by atoms with van der Waals surface area (Å²) >= 11 is 0. The number of benzene rings is 1. The van der Waals surface area contributed by atoms with Crippen LogP contribution in [-0.2, 0) is 0 Å². The smallest absolute Gasteiger partial charge is 0.401 e. The Hall–Kier alpha value is -1.43. The highest BCUT2D eigenvalue weighted by atomic mass is 19.4. The molecule has 0 saturated carbocycles. The molecule has 0 aromatic heterocycles. The first-order valence-corrected chi connectivity index (χ1v) is 5.15. The summed E-state index contributed by atoms with van der Waals surface area (Å²) in [7, 11) is 0. The number of rotatable bonds is 3. The van der Waals surface area contributed by atoms with Crippen molar-refractivity contribution >= 4 is 0 Å². The number of fused-ring (bicyclic) bond motifs is 1. The van der Waals surface area contributed by atoms with Crippen LogP contribution in [0.3, 0.4) is 0 Å². The number of hydrogen-bond acceptors (Lipinski definition) is 3. The highest BCUT2D eigenvalue weighted by molar-refractivity contribution is 5.45. The molecule has 94 valence electrons. The molecule has 6 heteroatoms. The van der Waals surface area contributed by atoms with Gasteiger partial charge in [0.25, 0.3) is 0 Å². The van der Waals surface area contributed by atoms with Crippen LogP contribution in [0, 0.1) is 0 Å². The average Bonchev–Trinajstić information content (AvgIpc) is 2.71. The third-order valence-corrected chi connectivity index (χ3v) is 2.51. The largest absolute Gasteiger partial charge is 0.454 e. The van der Waals surface area contributed by atoms with E-state index in [-0.39, 0.29) is 6.79 Å². The number of hydrogen-bond donors (Lipinski definition) is 1. The molecule has 1 aliphatic rings. The maximum Gasteiger partial charge on any atom is 0.401 e. The molecule has 3 nitrogen and oxygen atoms in total. The maximum atomic E-state index is 12.0. The molecule has 0 spiro atoms. The Morgan fingerprint density at radius 2 is 2.00 bits per heavy atom. The Bertz CT molecular complexity index is 406. The van der Waals surface area contributed by atoms with Crippen LogP contribution in [0.4, 0.5) is 13.2 Å². The third-order valence-electron chi connectivity index (χ3n) is 2.51. The Morgan fingerprint density at radius 3 is 2.71 bits per heavy atom. The summed E-state index contributed by atoms with van der Waals surface area (Å²) in [5, 5.41) is 2.41. The molecule has 1 N–H and O–H groups in total.